The van der Waals surface area contributed by atoms with Gasteiger partial charge in [-0.15, -0.1) is 0 Å². The Morgan fingerprint density at radius 1 is 1.14 bits per heavy atom. The van der Waals surface area contributed by atoms with Crippen molar-refractivity contribution in [2.45, 2.75) is 26.5 Å². The summed E-state index contributed by atoms with van der Waals surface area (Å²) in [6.45, 7) is 3.33. The monoisotopic (exact) mass is 432 g/mol. The Morgan fingerprint density at radius 2 is 1.90 bits per heavy atom. The van der Waals surface area contributed by atoms with Crippen LogP contribution in [0.3, 0.4) is 0 Å². The van der Waals surface area contributed by atoms with Crippen LogP contribution in [0.15, 0.2) is 48.5 Å². The van der Waals surface area contributed by atoms with E-state index >= 15 is 0 Å². The van der Waals surface area contributed by atoms with Gasteiger partial charge in [0.1, 0.15) is 11.5 Å². The average molecular weight is 433 g/mol. The largest absolute Gasteiger partial charge is 0.392 e. The summed E-state index contributed by atoms with van der Waals surface area (Å²) in [6, 6.07) is 12.3. The third-order valence-corrected chi connectivity index (χ3v) is 5.30. The second-order valence-electron chi connectivity index (χ2n) is 6.73. The van der Waals surface area contributed by atoms with E-state index in [9.17, 15) is 14.3 Å². The number of halogens is 3. The maximum atomic E-state index is 13.4. The molecular weight excluding hydrogens is 414 g/mol. The Bertz CT molecular complexity index is 1070. The SMILES string of the molecule is Cc1cc(F)ccc1-c1cc(CO)cc(C(=O)N[C@H](C)c2ccc(Cl)c(Cl)c2)n1. The van der Waals surface area contributed by atoms with Crippen LogP contribution < -0.4 is 5.32 Å². The molecule has 0 aliphatic rings. The number of nitrogens with one attached hydrogen (secondary N) is 1. The number of aryl methyl sites for hydroxylation is 1. The molecule has 1 amide bonds. The van der Waals surface area contributed by atoms with Gasteiger partial charge in [0.2, 0.25) is 0 Å². The van der Waals surface area contributed by atoms with Gasteiger partial charge in [0, 0.05) is 5.56 Å². The molecule has 150 valence electrons. The number of nitrogens with zero attached hydrogens (tertiary/aromatic N) is 1. The first kappa shape index (κ1) is 21.2. The molecule has 2 N–H and O–H groups in total. The normalized spacial score (nSPS) is 11.9. The number of pyridine rings is 1. The van der Waals surface area contributed by atoms with Crippen molar-refractivity contribution in [3.05, 3.63) is 86.8 Å². The number of amides is 1. The molecule has 1 aromatic heterocycles. The Hall–Kier alpha value is -2.47. The molecule has 0 spiro atoms. The first-order chi connectivity index (χ1) is 13.8. The molecule has 1 heterocycles. The van der Waals surface area contributed by atoms with Crippen LogP contribution in [-0.2, 0) is 6.61 Å². The predicted molar refractivity (Wildman–Crippen MR) is 113 cm³/mol. The van der Waals surface area contributed by atoms with Gasteiger partial charge in [0.05, 0.1) is 28.4 Å². The van der Waals surface area contributed by atoms with E-state index in [0.29, 0.717) is 32.4 Å². The molecule has 29 heavy (non-hydrogen) atoms. The molecule has 0 fully saturated rings. The number of aliphatic hydroxyl groups is 1. The molecule has 3 aromatic rings. The van der Waals surface area contributed by atoms with Gasteiger partial charge in [0.15, 0.2) is 0 Å². The van der Waals surface area contributed by atoms with Crippen molar-refractivity contribution in [2.24, 2.45) is 0 Å². The van der Waals surface area contributed by atoms with Crippen LogP contribution in [0.4, 0.5) is 4.39 Å². The zero-order chi connectivity index (χ0) is 21.1. The molecule has 0 saturated heterocycles. The summed E-state index contributed by atoms with van der Waals surface area (Å²) in [5.41, 5.74) is 3.34. The molecule has 4 nitrogen and oxygen atoms in total. The maximum Gasteiger partial charge on any atom is 0.270 e. The van der Waals surface area contributed by atoms with Gasteiger partial charge >= 0.3 is 0 Å². The molecule has 0 aliphatic heterocycles. The molecular formula is C22H19Cl2FN2O2. The Kier molecular flexibility index (Phi) is 6.52. The first-order valence-electron chi connectivity index (χ1n) is 8.92. The molecule has 7 heteroatoms. The quantitative estimate of drug-likeness (QED) is 0.560. The van der Waals surface area contributed by atoms with Crippen LogP contribution in [-0.4, -0.2) is 16.0 Å². The fraction of sp³-hybridized carbons (Fsp3) is 0.182. The number of hydrogen-bond donors (Lipinski definition) is 2. The van der Waals surface area contributed by atoms with Crippen molar-refractivity contribution >= 4 is 29.1 Å². The number of hydrogen-bond acceptors (Lipinski definition) is 3. The van der Waals surface area contributed by atoms with Crippen molar-refractivity contribution in [3.63, 3.8) is 0 Å². The lowest BCUT2D eigenvalue weighted by Gasteiger charge is -2.16. The highest BCUT2D eigenvalue weighted by Crippen LogP contribution is 2.27. The zero-order valence-electron chi connectivity index (χ0n) is 15.8. The van der Waals surface area contributed by atoms with E-state index in [2.05, 4.69) is 10.3 Å². The van der Waals surface area contributed by atoms with Crippen molar-refractivity contribution in [1.29, 1.82) is 0 Å². The van der Waals surface area contributed by atoms with Gasteiger partial charge in [-0.3, -0.25) is 4.79 Å². The first-order valence-corrected chi connectivity index (χ1v) is 9.68. The number of rotatable bonds is 5. The van der Waals surface area contributed by atoms with Crippen LogP contribution >= 0.6 is 23.2 Å². The van der Waals surface area contributed by atoms with Crippen LogP contribution in [0.2, 0.25) is 10.0 Å². The lowest BCUT2D eigenvalue weighted by Crippen LogP contribution is -2.27. The topological polar surface area (TPSA) is 62.2 Å². The summed E-state index contributed by atoms with van der Waals surface area (Å²) in [5.74, 6) is -0.752. The number of carbonyl (C=O) groups is 1. The second-order valence-corrected chi connectivity index (χ2v) is 7.55. The number of aliphatic hydroxyl groups excluding tert-OH is 1. The fourth-order valence-corrected chi connectivity index (χ4v) is 3.29. The highest BCUT2D eigenvalue weighted by Gasteiger charge is 2.16. The molecule has 0 saturated carbocycles. The molecule has 1 atom stereocenters. The van der Waals surface area contributed by atoms with Crippen molar-refractivity contribution < 1.29 is 14.3 Å². The van der Waals surface area contributed by atoms with E-state index in [1.165, 1.54) is 18.2 Å². The fourth-order valence-electron chi connectivity index (χ4n) is 2.98. The minimum Gasteiger partial charge on any atom is -0.392 e. The van der Waals surface area contributed by atoms with Crippen molar-refractivity contribution in [3.8, 4) is 11.3 Å². The van der Waals surface area contributed by atoms with Gasteiger partial charge in [-0.05, 0) is 73.0 Å². The van der Waals surface area contributed by atoms with Gasteiger partial charge < -0.3 is 10.4 Å². The molecule has 0 aliphatic carbocycles. The lowest BCUT2D eigenvalue weighted by atomic mass is 10.0. The molecule has 0 radical (unpaired) electrons. The van der Waals surface area contributed by atoms with E-state index in [1.807, 2.05) is 6.92 Å². The number of benzene rings is 2. The van der Waals surface area contributed by atoms with Gasteiger partial charge in [-0.2, -0.15) is 0 Å². The standard InChI is InChI=1S/C22H19Cl2FN2O2/c1-12-7-16(25)4-5-17(12)20-8-14(11-28)9-21(27-20)22(29)26-13(2)15-3-6-18(23)19(24)10-15/h3-10,13,28H,11H2,1-2H3,(H,26,29)/t13-/m1/s1. The summed E-state index contributed by atoms with van der Waals surface area (Å²) < 4.78 is 13.4. The van der Waals surface area contributed by atoms with Crippen molar-refractivity contribution in [1.82, 2.24) is 10.3 Å². The molecule has 0 unspecified atom stereocenters. The highest BCUT2D eigenvalue weighted by atomic mass is 35.5. The smallest absolute Gasteiger partial charge is 0.270 e. The van der Waals surface area contributed by atoms with Gasteiger partial charge in [0.25, 0.3) is 5.91 Å². The highest BCUT2D eigenvalue weighted by molar-refractivity contribution is 6.42. The summed E-state index contributed by atoms with van der Waals surface area (Å²) in [4.78, 5) is 17.2. The predicted octanol–water partition coefficient (Wildman–Crippen LogP) is 5.49. The number of carbonyl (C=O) groups excluding carboxylic acids is 1. The minimum atomic E-state index is -0.403. The summed E-state index contributed by atoms with van der Waals surface area (Å²) >= 11 is 12.0. The molecule has 2 aromatic carbocycles. The molecule has 0 bridgehead atoms. The van der Waals surface area contributed by atoms with E-state index in [-0.39, 0.29) is 24.2 Å². The van der Waals surface area contributed by atoms with E-state index in [4.69, 9.17) is 23.2 Å². The summed E-state index contributed by atoms with van der Waals surface area (Å²) in [5, 5.41) is 13.3. The number of aromatic nitrogens is 1. The Labute approximate surface area is 178 Å². The third-order valence-electron chi connectivity index (χ3n) is 4.56. The Morgan fingerprint density at radius 3 is 2.55 bits per heavy atom. The third kappa shape index (κ3) is 4.93. The van der Waals surface area contributed by atoms with E-state index in [1.54, 1.807) is 37.3 Å². The maximum absolute atomic E-state index is 13.4. The van der Waals surface area contributed by atoms with E-state index in [0.717, 1.165) is 5.56 Å². The average Bonchev–Trinajstić information content (AvgIpc) is 2.69. The van der Waals surface area contributed by atoms with Crippen LogP contribution in [0, 0.1) is 12.7 Å². The second kappa shape index (κ2) is 8.91. The van der Waals surface area contributed by atoms with Crippen LogP contribution in [0.5, 0.6) is 0 Å². The molecule has 3 rings (SSSR count). The van der Waals surface area contributed by atoms with Gasteiger partial charge in [-0.25, -0.2) is 9.37 Å². The van der Waals surface area contributed by atoms with Crippen LogP contribution in [0.1, 0.15) is 40.1 Å². The Balaban J connectivity index is 1.91. The van der Waals surface area contributed by atoms with Crippen molar-refractivity contribution in [2.75, 3.05) is 0 Å². The van der Waals surface area contributed by atoms with Gasteiger partial charge in [-0.1, -0.05) is 29.3 Å². The summed E-state index contributed by atoms with van der Waals surface area (Å²) in [7, 11) is 0. The lowest BCUT2D eigenvalue weighted by molar-refractivity contribution is 0.0934. The minimum absolute atomic E-state index is 0.155. The zero-order valence-corrected chi connectivity index (χ0v) is 17.4. The van der Waals surface area contributed by atoms with Crippen LogP contribution in [0.25, 0.3) is 11.3 Å². The van der Waals surface area contributed by atoms with E-state index < -0.39 is 5.91 Å². The summed E-state index contributed by atoms with van der Waals surface area (Å²) in [6.07, 6.45) is 0.